The van der Waals surface area contributed by atoms with E-state index in [9.17, 15) is 91.6 Å². The highest BCUT2D eigenvalue weighted by Gasteiger charge is 2.64. The molecule has 29 nitrogen and oxygen atoms in total. The van der Waals surface area contributed by atoms with Gasteiger partial charge in [0.2, 0.25) is 0 Å². The van der Waals surface area contributed by atoms with Crippen LogP contribution in [0.4, 0.5) is 0 Å². The lowest BCUT2D eigenvalue weighted by Gasteiger charge is -2.58. The number of hydrogen-bond acceptors (Lipinski definition) is 29. The summed E-state index contributed by atoms with van der Waals surface area (Å²) >= 11 is 0. The van der Waals surface area contributed by atoms with Gasteiger partial charge < -0.3 is 139 Å². The van der Waals surface area contributed by atoms with Crippen LogP contribution in [0.2, 0.25) is 0 Å². The van der Waals surface area contributed by atoms with Crippen molar-refractivity contribution in [2.24, 2.45) is 40.4 Å². The van der Waals surface area contributed by atoms with Crippen molar-refractivity contribution in [3.63, 3.8) is 0 Å². The van der Waals surface area contributed by atoms with Gasteiger partial charge >= 0.3 is 5.97 Å². The monoisotopic (exact) mass is 1230 g/mol. The van der Waals surface area contributed by atoms with Crippen LogP contribution in [0, 0.1) is 40.4 Å². The average Bonchev–Trinajstić information content (AvgIpc) is 1.76. The Bertz CT molecular complexity index is 2190. The Morgan fingerprint density at radius 1 is 0.600 bits per heavy atom. The predicted octanol–water partition coefficient (Wildman–Crippen LogP) is -6.00. The fraction of sp³-hybridized carbons (Fsp3) is 0.946. The third kappa shape index (κ3) is 13.4. The molecule has 0 amide bonds. The number of esters is 1. The van der Waals surface area contributed by atoms with E-state index in [0.29, 0.717) is 32.1 Å². The number of carbonyl (C=O) groups excluding carboxylic acids is 1. The van der Waals surface area contributed by atoms with Crippen LogP contribution in [-0.4, -0.2) is 298 Å². The fourth-order valence-electron chi connectivity index (χ4n) is 15.4. The summed E-state index contributed by atoms with van der Waals surface area (Å²) in [6.07, 6.45) is -35.6. The second-order valence-electron chi connectivity index (χ2n) is 25.7. The summed E-state index contributed by atoms with van der Waals surface area (Å²) < 4.78 is 65.0. The molecule has 2 unspecified atom stereocenters. The Kier molecular flexibility index (Phi) is 22.2. The van der Waals surface area contributed by atoms with Gasteiger partial charge in [-0.05, 0) is 92.8 Å². The van der Waals surface area contributed by atoms with Gasteiger partial charge in [0, 0.05) is 12.3 Å². The van der Waals surface area contributed by atoms with Gasteiger partial charge in [0.1, 0.15) is 122 Å². The Morgan fingerprint density at radius 2 is 1.15 bits per heavy atom. The van der Waals surface area contributed by atoms with Crippen LogP contribution in [0.25, 0.3) is 0 Å². The highest BCUT2D eigenvalue weighted by Crippen LogP contribution is 2.67. The molecule has 0 aromatic carbocycles. The van der Waals surface area contributed by atoms with E-state index in [0.717, 1.165) is 24.8 Å². The molecular formula is C56H92O29. The van der Waals surface area contributed by atoms with Crippen molar-refractivity contribution in [1.82, 2.24) is 0 Å². The minimum absolute atomic E-state index is 0.0460. The Balaban J connectivity index is 0.836. The van der Waals surface area contributed by atoms with Gasteiger partial charge in [0.05, 0.1) is 51.8 Å². The summed E-state index contributed by atoms with van der Waals surface area (Å²) in [7, 11) is 0. The lowest BCUT2D eigenvalue weighted by atomic mass is 9.47. The molecular weight excluding hydrogens is 1140 g/mol. The molecule has 0 aromatic rings. The van der Waals surface area contributed by atoms with E-state index in [1.54, 1.807) is 6.92 Å². The lowest BCUT2D eigenvalue weighted by molar-refractivity contribution is -0.403. The first-order chi connectivity index (χ1) is 40.3. The number of fused-ring (bicyclic) bond motifs is 5. The van der Waals surface area contributed by atoms with Crippen LogP contribution >= 0.6 is 0 Å². The van der Waals surface area contributed by atoms with E-state index in [1.807, 2.05) is 6.92 Å². The van der Waals surface area contributed by atoms with Crippen molar-refractivity contribution in [2.75, 3.05) is 39.6 Å². The standard InChI is InChI=1S/C56H92O29/c1-21(19-75-50-44(72)40(68)37(65)30(15-57)79-50)5-8-34(63)78-29-14-27-25-7-6-23-13-24(9-11-55(23,3)26(25)10-12-56(27,4)35(29)22(2)61)77-52-46(74)42(70)47(33(18-60)82-52)83-54-49(85-53-45(73)41(69)38(66)31(16-58)80-53)48(39(67)32(17-59)81-54)84-51-43(71)36(64)28(62)20-76-51/h6,21-22,24-33,35-54,57-62,64-74H,5,7-20H2,1-4H3/t21-,22?,24-,25+,26-,27-,28+,29-,30+,31+,32+,33+,35-,36?,37+,38+,39+,40-,41-,42+,43+,44+,45+,46+,47-,48-,49+,50+,51-,52+,53-,54-,55-,56-/m0/s1. The minimum Gasteiger partial charge on any atom is -0.462 e. The molecule has 9 aliphatic rings. The van der Waals surface area contributed by atoms with Crippen molar-refractivity contribution in [3.8, 4) is 0 Å². The highest BCUT2D eigenvalue weighted by atomic mass is 16.8. The molecule has 5 heterocycles. The number of hydrogen-bond donors (Lipinski definition) is 17. The number of aliphatic hydroxyl groups excluding tert-OH is 17. The summed E-state index contributed by atoms with van der Waals surface area (Å²) in [6.45, 7) is 4.31. The predicted molar refractivity (Wildman–Crippen MR) is 281 cm³/mol. The normalized spacial score (nSPS) is 51.0. The van der Waals surface area contributed by atoms with E-state index in [-0.39, 0.29) is 53.4 Å². The van der Waals surface area contributed by atoms with E-state index in [1.165, 1.54) is 0 Å². The number of rotatable bonds is 20. The number of aliphatic hydroxyl groups is 17. The maximum absolute atomic E-state index is 13.5. The van der Waals surface area contributed by atoms with Crippen LogP contribution < -0.4 is 0 Å². The molecule has 5 aliphatic heterocycles. The average molecular weight is 1230 g/mol. The highest BCUT2D eigenvalue weighted by molar-refractivity contribution is 5.69. The van der Waals surface area contributed by atoms with Crippen LogP contribution in [0.5, 0.6) is 0 Å². The molecule has 0 bridgehead atoms. The first kappa shape index (κ1) is 67.5. The van der Waals surface area contributed by atoms with Crippen LogP contribution in [0.1, 0.15) is 85.5 Å². The van der Waals surface area contributed by atoms with Crippen molar-refractivity contribution in [1.29, 1.82) is 0 Å². The van der Waals surface area contributed by atoms with Gasteiger partial charge in [0.25, 0.3) is 0 Å². The van der Waals surface area contributed by atoms with E-state index < -0.39 is 205 Å². The van der Waals surface area contributed by atoms with Gasteiger partial charge in [-0.3, -0.25) is 4.79 Å². The van der Waals surface area contributed by atoms with Crippen molar-refractivity contribution in [3.05, 3.63) is 11.6 Å². The Hall–Kier alpha value is -1.87. The smallest absolute Gasteiger partial charge is 0.306 e. The molecule has 3 saturated carbocycles. The summed E-state index contributed by atoms with van der Waals surface area (Å²) in [4.78, 5) is 13.5. The molecule has 8 fully saturated rings. The molecule has 0 radical (unpaired) electrons. The summed E-state index contributed by atoms with van der Waals surface area (Å²) in [6, 6.07) is 0. The van der Waals surface area contributed by atoms with Crippen molar-refractivity contribution >= 4 is 5.97 Å². The quantitative estimate of drug-likeness (QED) is 0.0399. The van der Waals surface area contributed by atoms with Gasteiger partial charge in [-0.1, -0.05) is 32.4 Å². The number of carbonyl (C=O) groups is 1. The van der Waals surface area contributed by atoms with Crippen LogP contribution in [-0.2, 0) is 56.9 Å². The van der Waals surface area contributed by atoms with Crippen LogP contribution in [0.3, 0.4) is 0 Å². The topological polar surface area (TPSA) is 463 Å². The first-order valence-corrected chi connectivity index (χ1v) is 29.9. The van der Waals surface area contributed by atoms with Gasteiger partial charge in [-0.15, -0.1) is 0 Å². The van der Waals surface area contributed by atoms with Gasteiger partial charge in [-0.25, -0.2) is 0 Å². The zero-order valence-corrected chi connectivity index (χ0v) is 48.2. The molecule has 0 aromatic heterocycles. The molecule has 9 rings (SSSR count). The third-order valence-corrected chi connectivity index (χ3v) is 20.3. The van der Waals surface area contributed by atoms with Gasteiger partial charge in [-0.2, -0.15) is 0 Å². The molecule has 85 heavy (non-hydrogen) atoms. The summed E-state index contributed by atoms with van der Waals surface area (Å²) in [5.74, 6) is -0.381. The maximum atomic E-state index is 13.5. The van der Waals surface area contributed by atoms with Crippen molar-refractivity contribution < 1.29 is 144 Å². The SMILES string of the molecule is CC(O)[C@H]1[C@@H](OC(=O)CC[C@H](C)CO[C@@H]2O[C@H](CO)[C@@H](O)[C@H](O)[C@H]2O)C[C@H]2[C@@H]3CC=C4C[C@@H](O[C@@H]5O[C@H](CO)[C@H](O[C@@H]6O[C@H](CO)[C@@H](O)[C@H](O[C@@H]7OC[C@@H](O)C(O)[C@H]7O)[C@H]6O[C@@H]6O[C@H](CO)[C@@H](O)[C@H](O)[C@H]6O)[C@H](O)[C@H]5O)CC[C@]4(C)[C@H]3CC[C@@]21C. The second kappa shape index (κ2) is 27.9. The van der Waals surface area contributed by atoms with E-state index in [4.69, 9.17) is 52.1 Å². The number of ether oxygens (including phenoxy) is 11. The Morgan fingerprint density at radius 3 is 1.80 bits per heavy atom. The van der Waals surface area contributed by atoms with E-state index >= 15 is 0 Å². The van der Waals surface area contributed by atoms with Crippen molar-refractivity contribution in [2.45, 2.75) is 251 Å². The molecule has 0 spiro atoms. The molecule has 4 aliphatic carbocycles. The largest absolute Gasteiger partial charge is 0.462 e. The summed E-state index contributed by atoms with van der Waals surface area (Å²) in [5.41, 5.74) is 0.561. The molecule has 29 heteroatoms. The zero-order chi connectivity index (χ0) is 61.7. The lowest BCUT2D eigenvalue weighted by Crippen LogP contribution is -2.68. The fourth-order valence-corrected chi connectivity index (χ4v) is 15.4. The molecule has 490 valence electrons. The molecule has 34 atom stereocenters. The van der Waals surface area contributed by atoms with Crippen LogP contribution in [0.15, 0.2) is 11.6 Å². The maximum Gasteiger partial charge on any atom is 0.306 e. The first-order valence-electron chi connectivity index (χ1n) is 29.9. The van der Waals surface area contributed by atoms with Gasteiger partial charge in [0.15, 0.2) is 31.5 Å². The Labute approximate surface area is 491 Å². The minimum atomic E-state index is -2.04. The second-order valence-corrected chi connectivity index (χ2v) is 25.7. The third-order valence-electron chi connectivity index (χ3n) is 20.3. The molecule has 5 saturated heterocycles. The zero-order valence-electron chi connectivity index (χ0n) is 48.2. The summed E-state index contributed by atoms with van der Waals surface area (Å²) in [5, 5.41) is 181. The van der Waals surface area contributed by atoms with E-state index in [2.05, 4.69) is 19.9 Å². The number of allylic oxidation sites excluding steroid dienone is 1. The molecule has 17 N–H and O–H groups in total.